The van der Waals surface area contributed by atoms with Crippen LogP contribution in [0, 0.1) is 13.8 Å². The van der Waals surface area contributed by atoms with E-state index in [1.54, 1.807) is 4.68 Å². The van der Waals surface area contributed by atoms with Gasteiger partial charge in [-0.15, -0.1) is 0 Å². The zero-order chi connectivity index (χ0) is 10.0. The molecule has 1 rings (SSSR count). The van der Waals surface area contributed by atoms with Gasteiger partial charge in [0, 0.05) is 5.69 Å². The van der Waals surface area contributed by atoms with Gasteiger partial charge in [0.2, 0.25) is 5.24 Å². The first-order valence-electron chi connectivity index (χ1n) is 4.27. The van der Waals surface area contributed by atoms with Gasteiger partial charge in [-0.3, -0.25) is 9.48 Å². The summed E-state index contributed by atoms with van der Waals surface area (Å²) in [5.41, 5.74) is 3.23. The van der Waals surface area contributed by atoms with Crippen LogP contribution in [0.25, 0.3) is 0 Å². The van der Waals surface area contributed by atoms with E-state index in [-0.39, 0.29) is 11.8 Å². The van der Waals surface area contributed by atoms with E-state index in [4.69, 9.17) is 11.6 Å². The molecule has 0 spiro atoms. The lowest BCUT2D eigenvalue weighted by atomic mass is 10.1. The Morgan fingerprint density at radius 1 is 1.54 bits per heavy atom. The van der Waals surface area contributed by atoms with E-state index >= 15 is 0 Å². The normalized spacial score (nSPS) is 10.5. The maximum Gasteiger partial charge on any atom is 0.243 e. The monoisotopic (exact) mass is 200 g/mol. The number of rotatable bonds is 3. The molecule has 0 radical (unpaired) electrons. The van der Waals surface area contributed by atoms with Gasteiger partial charge in [0.05, 0.1) is 5.69 Å². The van der Waals surface area contributed by atoms with E-state index in [0.29, 0.717) is 0 Å². The van der Waals surface area contributed by atoms with Crippen LogP contribution in [0.1, 0.15) is 23.9 Å². The Morgan fingerprint density at radius 2 is 2.15 bits per heavy atom. The van der Waals surface area contributed by atoms with Gasteiger partial charge in [-0.05, 0) is 37.4 Å². The maximum absolute atomic E-state index is 10.7. The zero-order valence-corrected chi connectivity index (χ0v) is 8.85. The first kappa shape index (κ1) is 10.3. The van der Waals surface area contributed by atoms with Crippen molar-refractivity contribution in [2.75, 3.05) is 0 Å². The molecule has 0 aliphatic carbocycles. The molecule has 13 heavy (non-hydrogen) atoms. The van der Waals surface area contributed by atoms with Crippen LogP contribution < -0.4 is 0 Å². The average Bonchev–Trinajstić information content (AvgIpc) is 2.26. The molecule has 1 heterocycles. The van der Waals surface area contributed by atoms with E-state index in [2.05, 4.69) is 12.0 Å². The number of hydrogen-bond acceptors (Lipinski definition) is 2. The quantitative estimate of drug-likeness (QED) is 0.698. The molecular weight excluding hydrogens is 188 g/mol. The second-order valence-electron chi connectivity index (χ2n) is 3.02. The number of hydrogen-bond donors (Lipinski definition) is 0. The summed E-state index contributed by atoms with van der Waals surface area (Å²) in [6, 6.07) is 0. The highest BCUT2D eigenvalue weighted by atomic mass is 35.5. The molecule has 0 aliphatic rings. The summed E-state index contributed by atoms with van der Waals surface area (Å²) in [7, 11) is 0. The van der Waals surface area contributed by atoms with Crippen molar-refractivity contribution in [3.63, 3.8) is 0 Å². The predicted molar refractivity (Wildman–Crippen MR) is 51.9 cm³/mol. The number of aryl methyl sites for hydroxylation is 1. The Labute approximate surface area is 82.7 Å². The number of nitrogens with zero attached hydrogens (tertiary/aromatic N) is 2. The van der Waals surface area contributed by atoms with Crippen LogP contribution in [-0.4, -0.2) is 15.0 Å². The highest BCUT2D eigenvalue weighted by Gasteiger charge is 2.10. The second kappa shape index (κ2) is 3.92. The third kappa shape index (κ3) is 2.10. The van der Waals surface area contributed by atoms with Crippen molar-refractivity contribution in [2.24, 2.45) is 0 Å². The molecule has 72 valence electrons. The van der Waals surface area contributed by atoms with Crippen LogP contribution in [0.3, 0.4) is 0 Å². The van der Waals surface area contributed by atoms with Gasteiger partial charge in [-0.1, -0.05) is 6.92 Å². The van der Waals surface area contributed by atoms with E-state index in [0.717, 1.165) is 17.8 Å². The Bertz CT molecular complexity index is 331. The SMILES string of the molecule is CCc1c(C)nn(CC(=O)Cl)c1C. The summed E-state index contributed by atoms with van der Waals surface area (Å²) in [5, 5.41) is 3.85. The summed E-state index contributed by atoms with van der Waals surface area (Å²) >= 11 is 5.29. The second-order valence-corrected chi connectivity index (χ2v) is 3.44. The third-order valence-electron chi connectivity index (χ3n) is 2.16. The summed E-state index contributed by atoms with van der Waals surface area (Å²) < 4.78 is 1.66. The first-order valence-corrected chi connectivity index (χ1v) is 4.65. The lowest BCUT2D eigenvalue weighted by Gasteiger charge is -1.99. The summed E-state index contributed by atoms with van der Waals surface area (Å²) in [4.78, 5) is 10.7. The molecule has 0 saturated carbocycles. The van der Waals surface area contributed by atoms with E-state index in [1.807, 2.05) is 13.8 Å². The van der Waals surface area contributed by atoms with Gasteiger partial charge >= 0.3 is 0 Å². The van der Waals surface area contributed by atoms with Gasteiger partial charge in [0.1, 0.15) is 6.54 Å². The molecule has 0 fully saturated rings. The topological polar surface area (TPSA) is 34.9 Å². The molecule has 0 saturated heterocycles. The van der Waals surface area contributed by atoms with Crippen molar-refractivity contribution in [1.82, 2.24) is 9.78 Å². The van der Waals surface area contributed by atoms with Gasteiger partial charge < -0.3 is 0 Å². The largest absolute Gasteiger partial charge is 0.279 e. The molecule has 0 aliphatic heterocycles. The maximum atomic E-state index is 10.7. The summed E-state index contributed by atoms with van der Waals surface area (Å²) in [6.07, 6.45) is 0.939. The Balaban J connectivity index is 3.03. The molecule has 0 atom stereocenters. The fraction of sp³-hybridized carbons (Fsp3) is 0.556. The molecule has 0 N–H and O–H groups in total. The van der Waals surface area contributed by atoms with Crippen molar-refractivity contribution in [2.45, 2.75) is 33.7 Å². The fourth-order valence-corrected chi connectivity index (χ4v) is 1.63. The number of halogens is 1. The van der Waals surface area contributed by atoms with Crippen molar-refractivity contribution in [1.29, 1.82) is 0 Å². The Morgan fingerprint density at radius 3 is 2.54 bits per heavy atom. The molecule has 0 amide bonds. The highest BCUT2D eigenvalue weighted by Crippen LogP contribution is 2.13. The van der Waals surface area contributed by atoms with Crippen LogP contribution in [0.5, 0.6) is 0 Å². The van der Waals surface area contributed by atoms with Gasteiger partial charge in [0.25, 0.3) is 0 Å². The lowest BCUT2D eigenvalue weighted by Crippen LogP contribution is -2.08. The molecule has 3 nitrogen and oxygen atoms in total. The van der Waals surface area contributed by atoms with Crippen LogP contribution in [0.4, 0.5) is 0 Å². The van der Waals surface area contributed by atoms with Crippen LogP contribution in [0.15, 0.2) is 0 Å². The fourth-order valence-electron chi connectivity index (χ4n) is 1.52. The predicted octanol–water partition coefficient (Wildman–Crippen LogP) is 1.83. The lowest BCUT2D eigenvalue weighted by molar-refractivity contribution is -0.112. The van der Waals surface area contributed by atoms with Gasteiger partial charge in [-0.25, -0.2) is 0 Å². The van der Waals surface area contributed by atoms with Crippen molar-refractivity contribution in [3.8, 4) is 0 Å². The third-order valence-corrected chi connectivity index (χ3v) is 2.28. The van der Waals surface area contributed by atoms with Crippen molar-refractivity contribution >= 4 is 16.8 Å². The van der Waals surface area contributed by atoms with Crippen LogP contribution >= 0.6 is 11.6 Å². The Hall–Kier alpha value is -0.830. The molecule has 1 aromatic heterocycles. The van der Waals surface area contributed by atoms with Crippen molar-refractivity contribution < 1.29 is 4.79 Å². The van der Waals surface area contributed by atoms with Gasteiger partial charge in [-0.2, -0.15) is 5.10 Å². The number of carbonyl (C=O) groups is 1. The van der Waals surface area contributed by atoms with E-state index in [9.17, 15) is 4.79 Å². The minimum absolute atomic E-state index is 0.161. The van der Waals surface area contributed by atoms with Crippen LogP contribution in [0.2, 0.25) is 0 Å². The smallest absolute Gasteiger partial charge is 0.243 e. The first-order chi connectivity index (χ1) is 6.06. The minimum atomic E-state index is -0.381. The standard InChI is InChI=1S/C9H13ClN2O/c1-4-8-6(2)11-12(7(8)3)5-9(10)13/h4-5H2,1-3H3. The molecular formula is C9H13ClN2O. The highest BCUT2D eigenvalue weighted by molar-refractivity contribution is 6.63. The summed E-state index contributed by atoms with van der Waals surface area (Å²) in [6.45, 7) is 6.14. The number of carbonyl (C=O) groups excluding carboxylic acids is 1. The van der Waals surface area contributed by atoms with Gasteiger partial charge in [0.15, 0.2) is 0 Å². The Kier molecular flexibility index (Phi) is 3.09. The molecule has 0 unspecified atom stereocenters. The minimum Gasteiger partial charge on any atom is -0.279 e. The molecule has 0 bridgehead atoms. The molecule has 1 aromatic rings. The summed E-state index contributed by atoms with van der Waals surface area (Å²) in [5.74, 6) is 0. The number of aromatic nitrogens is 2. The van der Waals surface area contributed by atoms with E-state index in [1.165, 1.54) is 5.56 Å². The van der Waals surface area contributed by atoms with Crippen molar-refractivity contribution in [3.05, 3.63) is 17.0 Å². The molecule has 0 aromatic carbocycles. The zero-order valence-electron chi connectivity index (χ0n) is 8.09. The average molecular weight is 201 g/mol. The molecule has 4 heteroatoms. The van der Waals surface area contributed by atoms with Crippen LogP contribution in [-0.2, 0) is 17.8 Å². The van der Waals surface area contributed by atoms with E-state index < -0.39 is 0 Å².